The molecule has 0 spiro atoms. The average molecular weight is 400 g/mol. The summed E-state index contributed by atoms with van der Waals surface area (Å²) in [6.45, 7) is 2.19. The molecule has 0 saturated carbocycles. The molecule has 1 aliphatic rings. The largest absolute Gasteiger partial charge is 0.483 e. The predicted octanol–water partition coefficient (Wildman–Crippen LogP) is 3.29. The Labute approximate surface area is 166 Å². The highest BCUT2D eigenvalue weighted by Crippen LogP contribution is 2.32. The van der Waals surface area contributed by atoms with Gasteiger partial charge in [-0.2, -0.15) is 4.98 Å². The molecule has 8 heteroatoms. The highest BCUT2D eigenvalue weighted by Gasteiger charge is 2.20. The van der Waals surface area contributed by atoms with Crippen LogP contribution >= 0.6 is 11.6 Å². The second-order valence-corrected chi connectivity index (χ2v) is 6.59. The van der Waals surface area contributed by atoms with E-state index in [9.17, 15) is 4.79 Å². The normalized spacial score (nSPS) is 14.1. The molecule has 1 aromatic heterocycles. The number of carbonyl (C=O) groups excluding carboxylic acids is 1. The standard InChI is InChI=1S/C20H18ClN3O4/c21-16-7-3-1-5-14(16)19-22-20(28-23-19)15-6-2-4-8-17(15)27-13-18(25)24-9-11-26-12-10-24/h1-8H,9-13H2. The van der Waals surface area contributed by atoms with Gasteiger partial charge in [0.1, 0.15) is 5.75 Å². The van der Waals surface area contributed by atoms with Crippen LogP contribution in [0.25, 0.3) is 22.8 Å². The molecular weight excluding hydrogens is 382 g/mol. The fourth-order valence-corrected chi connectivity index (χ4v) is 3.12. The molecule has 1 aliphatic heterocycles. The van der Waals surface area contributed by atoms with Crippen LogP contribution in [0.2, 0.25) is 5.02 Å². The van der Waals surface area contributed by atoms with E-state index in [1.54, 1.807) is 23.1 Å². The van der Waals surface area contributed by atoms with Crippen LogP contribution in [0.1, 0.15) is 0 Å². The Kier molecular flexibility index (Phi) is 5.55. The minimum absolute atomic E-state index is 0.0669. The Bertz CT molecular complexity index is 969. The van der Waals surface area contributed by atoms with Crippen LogP contribution in [-0.2, 0) is 9.53 Å². The van der Waals surface area contributed by atoms with E-state index < -0.39 is 0 Å². The number of carbonyl (C=O) groups is 1. The fraction of sp³-hybridized carbons (Fsp3) is 0.250. The van der Waals surface area contributed by atoms with E-state index in [1.165, 1.54) is 0 Å². The summed E-state index contributed by atoms with van der Waals surface area (Å²) in [6.07, 6.45) is 0. The van der Waals surface area contributed by atoms with Crippen LogP contribution in [0.3, 0.4) is 0 Å². The number of benzene rings is 2. The number of halogens is 1. The van der Waals surface area contributed by atoms with Crippen molar-refractivity contribution in [3.05, 3.63) is 53.6 Å². The summed E-state index contributed by atoms with van der Waals surface area (Å²) in [7, 11) is 0. The van der Waals surface area contributed by atoms with E-state index in [0.29, 0.717) is 59.9 Å². The smallest absolute Gasteiger partial charge is 0.262 e. The van der Waals surface area contributed by atoms with E-state index in [4.69, 9.17) is 25.6 Å². The predicted molar refractivity (Wildman–Crippen MR) is 103 cm³/mol. The number of amides is 1. The quantitative estimate of drug-likeness (QED) is 0.655. The number of aromatic nitrogens is 2. The van der Waals surface area contributed by atoms with E-state index in [2.05, 4.69) is 10.1 Å². The summed E-state index contributed by atoms with van der Waals surface area (Å²) < 4.78 is 16.4. The minimum atomic E-state index is -0.0830. The Morgan fingerprint density at radius 1 is 1.07 bits per heavy atom. The first-order valence-electron chi connectivity index (χ1n) is 8.89. The molecule has 1 amide bonds. The third-order valence-corrected chi connectivity index (χ3v) is 4.70. The van der Waals surface area contributed by atoms with Gasteiger partial charge in [-0.15, -0.1) is 0 Å². The maximum atomic E-state index is 12.3. The first-order valence-corrected chi connectivity index (χ1v) is 9.26. The molecule has 7 nitrogen and oxygen atoms in total. The van der Waals surface area contributed by atoms with Gasteiger partial charge in [-0.3, -0.25) is 4.79 Å². The number of hydrogen-bond donors (Lipinski definition) is 0. The Balaban J connectivity index is 1.52. The lowest BCUT2D eigenvalue weighted by molar-refractivity contribution is -0.137. The first-order chi connectivity index (χ1) is 13.7. The molecule has 0 unspecified atom stereocenters. The van der Waals surface area contributed by atoms with Crippen molar-refractivity contribution in [1.82, 2.24) is 15.0 Å². The van der Waals surface area contributed by atoms with Gasteiger partial charge in [0.25, 0.3) is 11.8 Å². The Hall–Kier alpha value is -2.90. The zero-order valence-electron chi connectivity index (χ0n) is 15.0. The zero-order valence-corrected chi connectivity index (χ0v) is 15.8. The number of ether oxygens (including phenoxy) is 2. The lowest BCUT2D eigenvalue weighted by Gasteiger charge is -2.26. The summed E-state index contributed by atoms with van der Waals surface area (Å²) in [6, 6.07) is 14.5. The zero-order chi connectivity index (χ0) is 19.3. The fourth-order valence-electron chi connectivity index (χ4n) is 2.90. The van der Waals surface area contributed by atoms with Gasteiger partial charge >= 0.3 is 0 Å². The van der Waals surface area contributed by atoms with Crippen molar-refractivity contribution in [3.63, 3.8) is 0 Å². The number of rotatable bonds is 5. The van der Waals surface area contributed by atoms with Crippen molar-refractivity contribution in [2.45, 2.75) is 0 Å². The van der Waals surface area contributed by atoms with Crippen LogP contribution in [0, 0.1) is 0 Å². The molecule has 1 fully saturated rings. The maximum Gasteiger partial charge on any atom is 0.262 e. The summed E-state index contributed by atoms with van der Waals surface area (Å²) >= 11 is 6.21. The molecule has 0 radical (unpaired) electrons. The number of para-hydroxylation sites is 1. The van der Waals surface area contributed by atoms with Crippen LogP contribution in [0.5, 0.6) is 5.75 Å². The topological polar surface area (TPSA) is 77.7 Å². The first kappa shape index (κ1) is 18.5. The second kappa shape index (κ2) is 8.41. The van der Waals surface area contributed by atoms with Crippen LogP contribution in [0.4, 0.5) is 0 Å². The third kappa shape index (κ3) is 4.00. The molecule has 0 N–H and O–H groups in total. The maximum absolute atomic E-state index is 12.3. The molecule has 2 heterocycles. The third-order valence-electron chi connectivity index (χ3n) is 4.37. The van der Waals surface area contributed by atoms with E-state index in [1.807, 2.05) is 30.3 Å². The highest BCUT2D eigenvalue weighted by atomic mass is 35.5. The van der Waals surface area contributed by atoms with Crippen molar-refractivity contribution in [2.75, 3.05) is 32.9 Å². The van der Waals surface area contributed by atoms with Gasteiger partial charge in [0.05, 0.1) is 23.8 Å². The molecular formula is C20H18ClN3O4. The lowest BCUT2D eigenvalue weighted by Crippen LogP contribution is -2.43. The molecule has 0 atom stereocenters. The SMILES string of the molecule is O=C(COc1ccccc1-c1nc(-c2ccccc2Cl)no1)N1CCOCC1. The monoisotopic (exact) mass is 399 g/mol. The van der Waals surface area contributed by atoms with Crippen molar-refractivity contribution < 1.29 is 18.8 Å². The highest BCUT2D eigenvalue weighted by molar-refractivity contribution is 6.33. The molecule has 4 rings (SSSR count). The Morgan fingerprint density at radius 2 is 1.79 bits per heavy atom. The lowest BCUT2D eigenvalue weighted by atomic mass is 10.2. The second-order valence-electron chi connectivity index (χ2n) is 6.18. The van der Waals surface area contributed by atoms with Gasteiger partial charge in [-0.05, 0) is 24.3 Å². The minimum Gasteiger partial charge on any atom is -0.483 e. The summed E-state index contributed by atoms with van der Waals surface area (Å²) in [5.41, 5.74) is 1.29. The molecule has 3 aromatic rings. The molecule has 28 heavy (non-hydrogen) atoms. The number of morpholine rings is 1. The molecule has 2 aromatic carbocycles. The summed E-state index contributed by atoms with van der Waals surface area (Å²) in [5, 5.41) is 4.56. The van der Waals surface area contributed by atoms with Crippen LogP contribution < -0.4 is 4.74 Å². The van der Waals surface area contributed by atoms with Gasteiger partial charge in [-0.25, -0.2) is 0 Å². The van der Waals surface area contributed by atoms with Gasteiger partial charge < -0.3 is 18.9 Å². The van der Waals surface area contributed by atoms with Gasteiger partial charge in [0.15, 0.2) is 6.61 Å². The van der Waals surface area contributed by atoms with Crippen molar-refractivity contribution in [3.8, 4) is 28.6 Å². The summed E-state index contributed by atoms with van der Waals surface area (Å²) in [4.78, 5) is 18.5. The average Bonchev–Trinajstić information content (AvgIpc) is 3.23. The van der Waals surface area contributed by atoms with Crippen LogP contribution in [-0.4, -0.2) is 53.9 Å². The number of nitrogens with zero attached hydrogens (tertiary/aromatic N) is 3. The van der Waals surface area contributed by atoms with E-state index in [-0.39, 0.29) is 12.5 Å². The van der Waals surface area contributed by atoms with Gasteiger partial charge in [-0.1, -0.05) is 41.0 Å². The van der Waals surface area contributed by atoms with E-state index in [0.717, 1.165) is 0 Å². The molecule has 144 valence electrons. The molecule has 0 bridgehead atoms. The van der Waals surface area contributed by atoms with Crippen molar-refractivity contribution in [2.24, 2.45) is 0 Å². The molecule has 0 aliphatic carbocycles. The van der Waals surface area contributed by atoms with Crippen molar-refractivity contribution in [1.29, 1.82) is 0 Å². The van der Waals surface area contributed by atoms with E-state index >= 15 is 0 Å². The van der Waals surface area contributed by atoms with Crippen LogP contribution in [0.15, 0.2) is 53.1 Å². The summed E-state index contributed by atoms with van der Waals surface area (Å²) in [5.74, 6) is 1.10. The Morgan fingerprint density at radius 3 is 2.57 bits per heavy atom. The van der Waals surface area contributed by atoms with Crippen molar-refractivity contribution >= 4 is 17.5 Å². The van der Waals surface area contributed by atoms with Gasteiger partial charge in [0, 0.05) is 18.7 Å². The van der Waals surface area contributed by atoms with Gasteiger partial charge in [0.2, 0.25) is 5.82 Å². The number of hydrogen-bond acceptors (Lipinski definition) is 6. The molecule has 1 saturated heterocycles.